The molecule has 5 heteroatoms. The number of aryl methyl sites for hydroxylation is 4. The van der Waals surface area contributed by atoms with Crippen LogP contribution in [0.2, 0.25) is 0 Å². The number of hydrogen-bond donors (Lipinski definition) is 0. The molecule has 2 aromatic rings. The van der Waals surface area contributed by atoms with Crippen molar-refractivity contribution in [2.45, 2.75) is 61.3 Å². The summed E-state index contributed by atoms with van der Waals surface area (Å²) in [6.45, 7) is 16.1. The molecule has 0 aromatic heterocycles. The Morgan fingerprint density at radius 2 is 1.16 bits per heavy atom. The third kappa shape index (κ3) is 6.86. The van der Waals surface area contributed by atoms with E-state index in [2.05, 4.69) is 105 Å². The summed E-state index contributed by atoms with van der Waals surface area (Å²) >= 11 is 2.36. The van der Waals surface area contributed by atoms with Gasteiger partial charge in [0.15, 0.2) is 0 Å². The molecule has 0 nitrogen and oxygen atoms in total. The molecule has 0 heterocycles. The molecule has 0 N–H and O–H groups in total. The molecule has 0 saturated heterocycles. The molecule has 1 aliphatic carbocycles. The van der Waals surface area contributed by atoms with Crippen LogP contribution in [0.15, 0.2) is 56.6 Å². The van der Waals surface area contributed by atoms with Crippen molar-refractivity contribution in [1.82, 2.24) is 0 Å². The van der Waals surface area contributed by atoms with Crippen LogP contribution in [-0.2, 0) is 20.4 Å². The summed E-state index contributed by atoms with van der Waals surface area (Å²) in [7, 11) is -1.48. The Hall–Kier alpha value is -0.279. The average Bonchev–Trinajstić information content (AvgIpc) is 2.87. The van der Waals surface area contributed by atoms with E-state index in [-0.39, 0.29) is 37.2 Å². The molecule has 1 aliphatic rings. The molecule has 1 atom stereocenters. The van der Waals surface area contributed by atoms with Crippen molar-refractivity contribution in [3.05, 3.63) is 78.9 Å². The van der Waals surface area contributed by atoms with Crippen LogP contribution in [0, 0.1) is 33.6 Å². The fourth-order valence-electron chi connectivity index (χ4n) is 4.83. The van der Waals surface area contributed by atoms with Gasteiger partial charge in [0.25, 0.3) is 0 Å². The number of hydrogen-bond acceptors (Lipinski definition) is 0. The zero-order valence-corrected chi connectivity index (χ0v) is 24.7. The summed E-state index contributed by atoms with van der Waals surface area (Å²) < 4.78 is 1.57. The summed E-state index contributed by atoms with van der Waals surface area (Å²) in [5.74, 6) is 0.638. The summed E-state index contributed by atoms with van der Waals surface area (Å²) in [4.78, 5) is 0. The van der Waals surface area contributed by atoms with Gasteiger partial charge in [0.05, 0.1) is 0 Å². The minimum absolute atomic E-state index is 0. The summed E-state index contributed by atoms with van der Waals surface area (Å²) in [6.07, 6.45) is 2.38. The number of halogens is 3. The van der Waals surface area contributed by atoms with Crippen molar-refractivity contribution in [1.29, 1.82) is 0 Å². The van der Waals surface area contributed by atoms with Crippen molar-refractivity contribution in [3.63, 3.8) is 0 Å². The molecule has 0 fully saturated rings. The molecule has 0 radical (unpaired) electrons. The van der Waals surface area contributed by atoms with Gasteiger partial charge in [-0.3, -0.25) is 0 Å². The van der Waals surface area contributed by atoms with E-state index in [0.29, 0.717) is 5.92 Å². The molecule has 0 aliphatic heterocycles. The zero-order chi connectivity index (χ0) is 20.6. The first-order chi connectivity index (χ1) is 13.2. The minimum Gasteiger partial charge on any atom is -1.00 e. The van der Waals surface area contributed by atoms with Crippen LogP contribution in [0.1, 0.15) is 55.9 Å². The molecule has 3 rings (SSSR count). The standard InChI is InChI=1S/C26H33Si.3ClH.Ti/c1-8-22(7)25-15-21(6)16-26(25)27(23-11-17(2)9-18(3)12-23)24-13-19(4)10-20(5)14-24;;;;/h9-14,22,27H,8,16H2,1-7H3;3*1H;/q;;;;+3/p-3. The molecular weight excluding hydrogens is 495 g/mol. The fourth-order valence-corrected chi connectivity index (χ4v) is 9.99. The van der Waals surface area contributed by atoms with E-state index in [1.54, 1.807) is 30.6 Å². The Kier molecular flexibility index (Phi) is 12.7. The molecule has 1 unspecified atom stereocenters. The maximum absolute atomic E-state index is 2.46. The molecule has 0 spiro atoms. The Morgan fingerprint density at radius 3 is 1.52 bits per heavy atom. The first-order valence-electron chi connectivity index (χ1n) is 10.5. The van der Waals surface area contributed by atoms with Crippen LogP contribution in [-0.4, -0.2) is 8.80 Å². The third-order valence-electron chi connectivity index (χ3n) is 6.11. The van der Waals surface area contributed by atoms with Crippen molar-refractivity contribution in [2.24, 2.45) is 5.92 Å². The van der Waals surface area contributed by atoms with E-state index in [9.17, 15) is 0 Å². The second kappa shape index (κ2) is 12.8. The average molecular weight is 528 g/mol. The van der Waals surface area contributed by atoms with Gasteiger partial charge in [0, 0.05) is 0 Å². The van der Waals surface area contributed by atoms with E-state index in [4.69, 9.17) is 0 Å². The first-order valence-corrected chi connectivity index (χ1v) is 13.0. The van der Waals surface area contributed by atoms with Gasteiger partial charge in [-0.1, -0.05) is 0 Å². The van der Waals surface area contributed by atoms with E-state index in [1.165, 1.54) is 35.1 Å². The van der Waals surface area contributed by atoms with Crippen LogP contribution < -0.4 is 47.6 Å². The monoisotopic (exact) mass is 526 g/mol. The van der Waals surface area contributed by atoms with Crippen LogP contribution in [0.25, 0.3) is 0 Å². The van der Waals surface area contributed by atoms with Crippen LogP contribution in [0.5, 0.6) is 0 Å². The van der Waals surface area contributed by atoms with Gasteiger partial charge in [-0.15, -0.1) is 0 Å². The molecule has 2 aromatic carbocycles. The van der Waals surface area contributed by atoms with Crippen LogP contribution >= 0.6 is 0 Å². The van der Waals surface area contributed by atoms with Crippen molar-refractivity contribution < 1.29 is 57.7 Å². The predicted molar refractivity (Wildman–Crippen MR) is 122 cm³/mol. The normalized spacial score (nSPS) is 14.3. The fraction of sp³-hybridized carbons (Fsp3) is 0.385. The molecule has 31 heavy (non-hydrogen) atoms. The van der Waals surface area contributed by atoms with Gasteiger partial charge in [0.2, 0.25) is 0 Å². The zero-order valence-electron chi connectivity index (χ0n) is 19.7. The van der Waals surface area contributed by atoms with Gasteiger partial charge in [-0.05, 0) is 0 Å². The number of rotatable bonds is 5. The molecule has 166 valence electrons. The first kappa shape index (κ1) is 30.7. The Labute approximate surface area is 221 Å². The predicted octanol–water partition coefficient (Wildman–Crippen LogP) is -3.62. The quantitative estimate of drug-likeness (QED) is 0.353. The van der Waals surface area contributed by atoms with E-state index >= 15 is 0 Å². The van der Waals surface area contributed by atoms with Gasteiger partial charge in [0.1, 0.15) is 0 Å². The molecule has 0 bridgehead atoms. The number of allylic oxidation sites excluding steroid dienone is 4. The minimum atomic E-state index is -1.48. The van der Waals surface area contributed by atoms with Gasteiger partial charge >= 0.3 is 186 Å². The van der Waals surface area contributed by atoms with Gasteiger partial charge < -0.3 is 37.2 Å². The number of benzene rings is 2. The smallest absolute Gasteiger partial charge is 1.00 e. The maximum atomic E-state index is 2.46. The largest absolute Gasteiger partial charge is 1.00 e. The summed E-state index contributed by atoms with van der Waals surface area (Å²) in [6, 6.07) is 14.5. The van der Waals surface area contributed by atoms with E-state index in [0.717, 1.165) is 0 Å². The Balaban J connectivity index is 0.00000300. The van der Waals surface area contributed by atoms with Crippen LogP contribution in [0.3, 0.4) is 0 Å². The van der Waals surface area contributed by atoms with Crippen LogP contribution in [0.4, 0.5) is 0 Å². The summed E-state index contributed by atoms with van der Waals surface area (Å²) in [5.41, 5.74) is 8.82. The maximum Gasteiger partial charge on any atom is -1.00 e. The summed E-state index contributed by atoms with van der Waals surface area (Å²) in [5, 5.41) is 4.93. The second-order valence-electron chi connectivity index (χ2n) is 8.86. The van der Waals surface area contributed by atoms with Crippen molar-refractivity contribution in [3.8, 4) is 0 Å². The third-order valence-corrected chi connectivity index (χ3v) is 10.4. The Morgan fingerprint density at radius 1 is 0.774 bits per heavy atom. The van der Waals surface area contributed by atoms with E-state index < -0.39 is 8.80 Å². The molecule has 0 amide bonds. The van der Waals surface area contributed by atoms with Gasteiger partial charge in [-0.2, -0.15) is 0 Å². The SMILES string of the molecule is CCC(C)C1=C([SiH](c2cc(C)cc(C)c2)c2cc(C)cc(C)c2)CC(C)=[C]1[Ti+3].[Cl-].[Cl-].[Cl-]. The second-order valence-corrected chi connectivity index (χ2v) is 12.5. The molecule has 0 saturated carbocycles. The van der Waals surface area contributed by atoms with Crippen molar-refractivity contribution in [2.75, 3.05) is 0 Å². The topological polar surface area (TPSA) is 0 Å². The van der Waals surface area contributed by atoms with Crippen molar-refractivity contribution >= 4 is 19.2 Å². The molecular formula is C26H33Cl3SiTi. The van der Waals surface area contributed by atoms with E-state index in [1.807, 2.05) is 0 Å². The van der Waals surface area contributed by atoms with Gasteiger partial charge in [-0.25, -0.2) is 0 Å². The Bertz CT molecular complexity index is 887.